The number of rotatable bonds is 8. The second kappa shape index (κ2) is 10.1. The number of ketones is 1. The zero-order valence-electron chi connectivity index (χ0n) is 22.1. The van der Waals surface area contributed by atoms with E-state index in [4.69, 9.17) is 9.47 Å². The smallest absolute Gasteiger partial charge is 0.243 e. The third-order valence-corrected chi connectivity index (χ3v) is 8.99. The summed E-state index contributed by atoms with van der Waals surface area (Å²) in [5.74, 6) is 0.755. The second-order valence-corrected chi connectivity index (χ2v) is 12.8. The molecule has 7 nitrogen and oxygen atoms in total. The molecular formula is C28H38N2O5S. The Labute approximate surface area is 215 Å². The van der Waals surface area contributed by atoms with Crippen molar-refractivity contribution in [3.63, 3.8) is 0 Å². The molecule has 0 N–H and O–H groups in total. The summed E-state index contributed by atoms with van der Waals surface area (Å²) in [5, 5.41) is 0. The predicted molar refractivity (Wildman–Crippen MR) is 140 cm³/mol. The Kier molecular flexibility index (Phi) is 7.51. The lowest BCUT2D eigenvalue weighted by molar-refractivity contribution is 0.0730. The van der Waals surface area contributed by atoms with Gasteiger partial charge >= 0.3 is 0 Å². The third-order valence-electron chi connectivity index (χ3n) is 6.99. The maximum absolute atomic E-state index is 13.5. The molecule has 1 aliphatic carbocycles. The highest BCUT2D eigenvalue weighted by atomic mass is 32.2. The Balaban J connectivity index is 1.78. The number of aromatic nitrogens is 1. The first-order chi connectivity index (χ1) is 16.9. The van der Waals surface area contributed by atoms with Crippen molar-refractivity contribution in [3.8, 4) is 0 Å². The fraction of sp³-hybridized carbons (Fsp3) is 0.536. The molecule has 2 aliphatic rings. The maximum atomic E-state index is 13.5. The van der Waals surface area contributed by atoms with Crippen LogP contribution >= 0.6 is 0 Å². The Morgan fingerprint density at radius 1 is 1.17 bits per heavy atom. The average Bonchev–Trinajstić information content (AvgIpc) is 3.04. The molecule has 1 aromatic carbocycles. The van der Waals surface area contributed by atoms with E-state index >= 15 is 0 Å². The van der Waals surface area contributed by atoms with E-state index in [-0.39, 0.29) is 17.3 Å². The lowest BCUT2D eigenvalue weighted by Crippen LogP contribution is -2.40. The van der Waals surface area contributed by atoms with Crippen LogP contribution in [0.25, 0.3) is 0 Å². The maximum Gasteiger partial charge on any atom is 0.243 e. The number of Topliss-reactive ketones (excluding diaryl/α,β-unsaturated/α-hetero) is 1. The quantitative estimate of drug-likeness (QED) is 0.485. The fourth-order valence-corrected chi connectivity index (χ4v) is 7.03. The average molecular weight is 515 g/mol. The third kappa shape index (κ3) is 5.31. The lowest BCUT2D eigenvalue weighted by atomic mass is 9.75. The summed E-state index contributed by atoms with van der Waals surface area (Å²) >= 11 is 0. The van der Waals surface area contributed by atoms with Crippen molar-refractivity contribution in [3.05, 3.63) is 64.7 Å². The molecule has 1 saturated heterocycles. The van der Waals surface area contributed by atoms with Crippen LogP contribution in [-0.2, 0) is 38.9 Å². The summed E-state index contributed by atoms with van der Waals surface area (Å²) in [7, 11) is -3.68. The number of allylic oxidation sites excluding steroid dienone is 1. The number of carbonyl (C=O) groups excluding carboxylic acids is 1. The molecule has 36 heavy (non-hydrogen) atoms. The van der Waals surface area contributed by atoms with Crippen molar-refractivity contribution in [1.82, 2.24) is 8.87 Å². The van der Waals surface area contributed by atoms with Gasteiger partial charge in [-0.15, -0.1) is 0 Å². The van der Waals surface area contributed by atoms with Gasteiger partial charge in [0.1, 0.15) is 5.76 Å². The molecule has 4 rings (SSSR count). The van der Waals surface area contributed by atoms with Gasteiger partial charge in [-0.1, -0.05) is 38.6 Å². The van der Waals surface area contributed by atoms with E-state index in [1.807, 2.05) is 32.9 Å². The van der Waals surface area contributed by atoms with Crippen LogP contribution in [-0.4, -0.2) is 55.5 Å². The van der Waals surface area contributed by atoms with Crippen LogP contribution in [0, 0.1) is 12.3 Å². The molecule has 0 bridgehead atoms. The van der Waals surface area contributed by atoms with Gasteiger partial charge in [0.15, 0.2) is 5.78 Å². The standard InChI is InChI=1S/C28H38N2O5S/c1-19(2)35-20(3)18-30-21(4)23(27-24(30)16-28(5,6)17-25(27)31)15-22-9-7-8-10-26(22)36(32,33)29-11-13-34-14-12-29/h7-10,19H,3,11-18H2,1-2,4-6H3. The summed E-state index contributed by atoms with van der Waals surface area (Å²) in [4.78, 5) is 13.8. The Morgan fingerprint density at radius 2 is 1.83 bits per heavy atom. The van der Waals surface area contributed by atoms with Gasteiger partial charge in [0.2, 0.25) is 10.0 Å². The lowest BCUT2D eigenvalue weighted by Gasteiger charge is -2.30. The van der Waals surface area contributed by atoms with Crippen molar-refractivity contribution < 1.29 is 22.7 Å². The summed E-state index contributed by atoms with van der Waals surface area (Å²) in [6.07, 6.45) is 1.61. The van der Waals surface area contributed by atoms with Crippen LogP contribution in [0.15, 0.2) is 41.5 Å². The molecule has 0 unspecified atom stereocenters. The minimum Gasteiger partial charge on any atom is -0.494 e. The van der Waals surface area contributed by atoms with E-state index in [2.05, 4.69) is 25.0 Å². The summed E-state index contributed by atoms with van der Waals surface area (Å²) < 4.78 is 41.9. The Bertz CT molecular complexity index is 1270. The van der Waals surface area contributed by atoms with E-state index in [1.54, 1.807) is 12.1 Å². The first-order valence-electron chi connectivity index (χ1n) is 12.6. The first-order valence-corrected chi connectivity index (χ1v) is 14.1. The van der Waals surface area contributed by atoms with E-state index in [0.29, 0.717) is 61.9 Å². The number of fused-ring (bicyclic) bond motifs is 1. The highest BCUT2D eigenvalue weighted by molar-refractivity contribution is 7.89. The Morgan fingerprint density at radius 3 is 2.50 bits per heavy atom. The molecule has 1 aromatic heterocycles. The van der Waals surface area contributed by atoms with Crippen LogP contribution < -0.4 is 0 Å². The topological polar surface area (TPSA) is 77.8 Å². The molecule has 0 radical (unpaired) electrons. The molecule has 8 heteroatoms. The largest absolute Gasteiger partial charge is 0.494 e. The number of hydrogen-bond donors (Lipinski definition) is 0. The van der Waals surface area contributed by atoms with Gasteiger partial charge in [0.05, 0.1) is 30.8 Å². The van der Waals surface area contributed by atoms with Gasteiger partial charge in [-0.3, -0.25) is 4.79 Å². The van der Waals surface area contributed by atoms with Gasteiger partial charge in [-0.05, 0) is 49.8 Å². The molecule has 0 spiro atoms. The minimum absolute atomic E-state index is 0.0130. The summed E-state index contributed by atoms with van der Waals surface area (Å²) in [6, 6.07) is 7.14. The van der Waals surface area contributed by atoms with Crippen LogP contribution in [0.5, 0.6) is 0 Å². The van der Waals surface area contributed by atoms with Crippen molar-refractivity contribution in [1.29, 1.82) is 0 Å². The molecule has 1 fully saturated rings. The minimum atomic E-state index is -3.68. The van der Waals surface area contributed by atoms with E-state index in [1.165, 1.54) is 4.31 Å². The highest BCUT2D eigenvalue weighted by Crippen LogP contribution is 2.40. The van der Waals surface area contributed by atoms with Crippen LogP contribution in [0.1, 0.15) is 67.0 Å². The number of sulfonamides is 1. The van der Waals surface area contributed by atoms with Crippen molar-refractivity contribution >= 4 is 15.8 Å². The Hall–Kier alpha value is -2.42. The SMILES string of the molecule is C=C(Cn1c(C)c(Cc2ccccc2S(=O)(=O)N2CCOCC2)c2c1CC(C)(C)CC2=O)OC(C)C. The van der Waals surface area contributed by atoms with Crippen molar-refractivity contribution in [2.45, 2.75) is 71.4 Å². The van der Waals surface area contributed by atoms with Gasteiger partial charge in [0.25, 0.3) is 0 Å². The van der Waals surface area contributed by atoms with E-state index < -0.39 is 10.0 Å². The number of morpholine rings is 1. The molecule has 196 valence electrons. The van der Waals surface area contributed by atoms with Gasteiger partial charge in [-0.25, -0.2) is 8.42 Å². The van der Waals surface area contributed by atoms with Crippen LogP contribution in [0.3, 0.4) is 0 Å². The molecule has 2 aromatic rings. The van der Waals surface area contributed by atoms with E-state index in [0.717, 1.165) is 28.9 Å². The molecule has 0 saturated carbocycles. The zero-order valence-corrected chi connectivity index (χ0v) is 22.9. The number of ether oxygens (including phenoxy) is 2. The second-order valence-electron chi connectivity index (χ2n) is 10.9. The van der Waals surface area contributed by atoms with E-state index in [9.17, 15) is 13.2 Å². The van der Waals surface area contributed by atoms with Gasteiger partial charge in [-0.2, -0.15) is 4.31 Å². The van der Waals surface area contributed by atoms with Gasteiger partial charge in [0, 0.05) is 42.9 Å². The summed E-state index contributed by atoms with van der Waals surface area (Å²) in [5.41, 5.74) is 4.13. The normalized spacial score (nSPS) is 18.3. The van der Waals surface area contributed by atoms with Crippen LogP contribution in [0.2, 0.25) is 0 Å². The first kappa shape index (κ1) is 26.6. The van der Waals surface area contributed by atoms with Crippen molar-refractivity contribution in [2.24, 2.45) is 5.41 Å². The van der Waals surface area contributed by atoms with Crippen molar-refractivity contribution in [2.75, 3.05) is 26.3 Å². The molecule has 0 atom stereocenters. The molecule has 1 aliphatic heterocycles. The predicted octanol–water partition coefficient (Wildman–Crippen LogP) is 4.50. The monoisotopic (exact) mass is 514 g/mol. The highest BCUT2D eigenvalue weighted by Gasteiger charge is 2.37. The number of carbonyl (C=O) groups is 1. The zero-order chi connectivity index (χ0) is 26.3. The molecular weight excluding hydrogens is 476 g/mol. The summed E-state index contributed by atoms with van der Waals surface area (Å²) in [6.45, 7) is 16.2. The van der Waals surface area contributed by atoms with Crippen LogP contribution in [0.4, 0.5) is 0 Å². The molecule has 0 amide bonds. The number of hydrogen-bond acceptors (Lipinski definition) is 5. The fourth-order valence-electron chi connectivity index (χ4n) is 5.40. The number of benzene rings is 1. The number of nitrogens with zero attached hydrogens (tertiary/aromatic N) is 2. The van der Waals surface area contributed by atoms with Gasteiger partial charge < -0.3 is 14.0 Å². The molecule has 2 heterocycles.